The Balaban J connectivity index is 2.32. The number of aromatic nitrogens is 2. The lowest BCUT2D eigenvalue weighted by Crippen LogP contribution is -2.14. The SMILES string of the molecule is CN/C(=C(\C=N)c1ccc2c(=O)[nH]nc(CN)c2c1)c1cc(Cl)c(OC)cc1C#N. The molecule has 152 valence electrons. The average Bonchev–Trinajstić information content (AvgIpc) is 2.77. The van der Waals surface area contributed by atoms with E-state index in [-0.39, 0.29) is 12.1 Å². The number of nitrogens with one attached hydrogen (secondary N) is 3. The molecule has 9 heteroatoms. The summed E-state index contributed by atoms with van der Waals surface area (Å²) in [6.45, 7) is 0.145. The zero-order valence-electron chi connectivity index (χ0n) is 16.3. The van der Waals surface area contributed by atoms with Crippen molar-refractivity contribution in [3.8, 4) is 11.8 Å². The fraction of sp³-hybridized carbons (Fsp3) is 0.143. The number of H-pyrrole nitrogens is 1. The molecule has 0 fully saturated rings. The smallest absolute Gasteiger partial charge is 0.272 e. The van der Waals surface area contributed by atoms with Gasteiger partial charge in [0.2, 0.25) is 0 Å². The predicted octanol–water partition coefficient (Wildman–Crippen LogP) is 2.65. The summed E-state index contributed by atoms with van der Waals surface area (Å²) in [6, 6.07) is 10.5. The van der Waals surface area contributed by atoms with Gasteiger partial charge in [0, 0.05) is 42.4 Å². The van der Waals surface area contributed by atoms with Crippen LogP contribution >= 0.6 is 11.6 Å². The number of fused-ring (bicyclic) bond motifs is 1. The van der Waals surface area contributed by atoms with Gasteiger partial charge in [-0.3, -0.25) is 4.79 Å². The Kier molecular flexibility index (Phi) is 6.16. The lowest BCUT2D eigenvalue weighted by molar-refractivity contribution is 0.415. The van der Waals surface area contributed by atoms with Gasteiger partial charge in [0.05, 0.1) is 40.5 Å². The summed E-state index contributed by atoms with van der Waals surface area (Å²) in [4.78, 5) is 12.1. The molecule has 0 atom stereocenters. The number of rotatable bonds is 6. The lowest BCUT2D eigenvalue weighted by atomic mass is 9.95. The number of aromatic amines is 1. The molecular formula is C21H19ClN6O2. The van der Waals surface area contributed by atoms with Crippen LogP contribution < -0.4 is 21.3 Å². The van der Waals surface area contributed by atoms with Crippen LogP contribution in [0.3, 0.4) is 0 Å². The minimum atomic E-state index is -0.323. The Labute approximate surface area is 177 Å². The molecule has 2 aromatic carbocycles. The summed E-state index contributed by atoms with van der Waals surface area (Å²) in [7, 11) is 3.16. The van der Waals surface area contributed by atoms with Gasteiger partial charge in [0.25, 0.3) is 5.56 Å². The van der Waals surface area contributed by atoms with Crippen molar-refractivity contribution >= 4 is 39.9 Å². The number of ether oxygens (including phenoxy) is 1. The van der Waals surface area contributed by atoms with Crippen molar-refractivity contribution in [2.45, 2.75) is 6.54 Å². The summed E-state index contributed by atoms with van der Waals surface area (Å²) in [5, 5.41) is 28.5. The molecule has 0 aliphatic rings. The number of benzene rings is 2. The normalized spacial score (nSPS) is 11.6. The second-order valence-corrected chi connectivity index (χ2v) is 6.70. The van der Waals surface area contributed by atoms with Crippen LogP contribution in [0.2, 0.25) is 5.02 Å². The number of nitrogens with two attached hydrogens (primary N) is 1. The van der Waals surface area contributed by atoms with Crippen LogP contribution in [-0.4, -0.2) is 30.6 Å². The van der Waals surface area contributed by atoms with Crippen molar-refractivity contribution in [3.63, 3.8) is 0 Å². The summed E-state index contributed by atoms with van der Waals surface area (Å²) in [5.41, 5.74) is 8.51. The predicted molar refractivity (Wildman–Crippen MR) is 118 cm³/mol. The number of methoxy groups -OCH3 is 1. The van der Waals surface area contributed by atoms with E-state index in [0.29, 0.717) is 55.2 Å². The standard InChI is InChI=1S/C21H19ClN6O2/c1-26-20(14-7-17(22)19(30-2)6-12(14)8-23)16(9-24)11-3-4-13-15(5-11)18(10-25)27-28-21(13)29/h3-7,9,24,26H,10,25H2,1-2H3,(H,28,29)/b20-16+,24-9?. The van der Waals surface area contributed by atoms with E-state index in [2.05, 4.69) is 21.6 Å². The van der Waals surface area contributed by atoms with Crippen LogP contribution in [0.1, 0.15) is 22.4 Å². The van der Waals surface area contributed by atoms with Crippen molar-refractivity contribution in [2.24, 2.45) is 5.73 Å². The van der Waals surface area contributed by atoms with Gasteiger partial charge < -0.3 is 21.2 Å². The Bertz CT molecular complexity index is 1270. The van der Waals surface area contributed by atoms with Crippen molar-refractivity contribution in [3.05, 3.63) is 68.1 Å². The zero-order valence-corrected chi connectivity index (χ0v) is 17.1. The first-order chi connectivity index (χ1) is 14.5. The maximum Gasteiger partial charge on any atom is 0.272 e. The second-order valence-electron chi connectivity index (χ2n) is 6.29. The van der Waals surface area contributed by atoms with Crippen LogP contribution in [-0.2, 0) is 6.54 Å². The van der Waals surface area contributed by atoms with Gasteiger partial charge in [0.1, 0.15) is 5.75 Å². The average molecular weight is 423 g/mol. The molecule has 3 rings (SSSR count). The van der Waals surface area contributed by atoms with Crippen molar-refractivity contribution < 1.29 is 4.74 Å². The second kappa shape index (κ2) is 8.78. The molecule has 3 aromatic rings. The monoisotopic (exact) mass is 422 g/mol. The molecule has 0 saturated heterocycles. The number of hydrogen-bond donors (Lipinski definition) is 4. The number of nitrogens with zero attached hydrogens (tertiary/aromatic N) is 2. The van der Waals surface area contributed by atoms with E-state index in [4.69, 9.17) is 27.5 Å². The van der Waals surface area contributed by atoms with E-state index in [1.54, 1.807) is 37.4 Å². The molecular weight excluding hydrogens is 404 g/mol. The van der Waals surface area contributed by atoms with E-state index in [0.717, 1.165) is 0 Å². The summed E-state index contributed by atoms with van der Waals surface area (Å²) in [5.74, 6) is 0.382. The third-order valence-electron chi connectivity index (χ3n) is 4.72. The van der Waals surface area contributed by atoms with Gasteiger partial charge in [-0.15, -0.1) is 0 Å². The summed E-state index contributed by atoms with van der Waals surface area (Å²) >= 11 is 6.29. The summed E-state index contributed by atoms with van der Waals surface area (Å²) < 4.78 is 5.20. The van der Waals surface area contributed by atoms with Crippen LogP contribution in [0, 0.1) is 16.7 Å². The van der Waals surface area contributed by atoms with Gasteiger partial charge in [-0.25, -0.2) is 5.10 Å². The van der Waals surface area contributed by atoms with Crippen LogP contribution in [0.5, 0.6) is 5.75 Å². The van der Waals surface area contributed by atoms with Gasteiger partial charge in [-0.2, -0.15) is 10.4 Å². The van der Waals surface area contributed by atoms with Crippen LogP contribution in [0.15, 0.2) is 35.1 Å². The van der Waals surface area contributed by atoms with E-state index in [9.17, 15) is 10.1 Å². The fourth-order valence-electron chi connectivity index (χ4n) is 3.27. The molecule has 0 saturated carbocycles. The first-order valence-corrected chi connectivity index (χ1v) is 9.29. The highest BCUT2D eigenvalue weighted by Gasteiger charge is 2.17. The highest BCUT2D eigenvalue weighted by molar-refractivity contribution is 6.32. The first kappa shape index (κ1) is 21.0. The Morgan fingerprint density at radius 2 is 2.17 bits per heavy atom. The van der Waals surface area contributed by atoms with Gasteiger partial charge in [0.15, 0.2) is 0 Å². The number of halogens is 1. The number of hydrogen-bond acceptors (Lipinski definition) is 7. The molecule has 0 radical (unpaired) electrons. The Hall–Kier alpha value is -3.67. The largest absolute Gasteiger partial charge is 0.495 e. The summed E-state index contributed by atoms with van der Waals surface area (Å²) in [6.07, 6.45) is 1.18. The molecule has 5 N–H and O–H groups in total. The molecule has 0 unspecified atom stereocenters. The van der Waals surface area contributed by atoms with E-state index in [1.807, 2.05) is 0 Å². The van der Waals surface area contributed by atoms with Gasteiger partial charge >= 0.3 is 0 Å². The fourth-order valence-corrected chi connectivity index (χ4v) is 3.51. The molecule has 0 aliphatic heterocycles. The van der Waals surface area contributed by atoms with E-state index < -0.39 is 0 Å². The number of allylic oxidation sites excluding steroid dienone is 1. The highest BCUT2D eigenvalue weighted by atomic mass is 35.5. The molecule has 8 nitrogen and oxygen atoms in total. The maximum absolute atomic E-state index is 12.1. The Morgan fingerprint density at radius 1 is 1.40 bits per heavy atom. The molecule has 1 heterocycles. The van der Waals surface area contributed by atoms with Crippen molar-refractivity contribution in [1.82, 2.24) is 15.5 Å². The molecule has 0 bridgehead atoms. The molecule has 30 heavy (non-hydrogen) atoms. The van der Waals surface area contributed by atoms with Crippen LogP contribution in [0.4, 0.5) is 0 Å². The third-order valence-corrected chi connectivity index (χ3v) is 5.01. The quantitative estimate of drug-likeness (QED) is 0.355. The minimum Gasteiger partial charge on any atom is -0.495 e. The molecule has 0 aliphatic carbocycles. The van der Waals surface area contributed by atoms with Gasteiger partial charge in [-0.1, -0.05) is 17.7 Å². The van der Waals surface area contributed by atoms with Crippen molar-refractivity contribution in [1.29, 1.82) is 10.7 Å². The van der Waals surface area contributed by atoms with Crippen molar-refractivity contribution in [2.75, 3.05) is 14.2 Å². The Morgan fingerprint density at radius 3 is 2.77 bits per heavy atom. The first-order valence-electron chi connectivity index (χ1n) is 8.91. The van der Waals surface area contributed by atoms with Crippen LogP contribution in [0.25, 0.3) is 22.0 Å². The maximum atomic E-state index is 12.1. The van der Waals surface area contributed by atoms with E-state index in [1.165, 1.54) is 13.3 Å². The van der Waals surface area contributed by atoms with Gasteiger partial charge in [-0.05, 0) is 23.8 Å². The van der Waals surface area contributed by atoms with E-state index >= 15 is 0 Å². The zero-order chi connectivity index (χ0) is 21.8. The molecule has 0 amide bonds. The number of nitriles is 1. The highest BCUT2D eigenvalue weighted by Crippen LogP contribution is 2.33. The topological polar surface area (TPSA) is 141 Å². The lowest BCUT2D eigenvalue weighted by Gasteiger charge is -2.16. The minimum absolute atomic E-state index is 0.145. The third kappa shape index (κ3) is 3.64. The molecule has 1 aromatic heterocycles. The molecule has 0 spiro atoms.